The minimum atomic E-state index is -4.44. The number of nitrogens with zero attached hydrogens (tertiary/aromatic N) is 4. The van der Waals surface area contributed by atoms with E-state index in [9.17, 15) is 18.0 Å². The first-order valence-corrected chi connectivity index (χ1v) is 11.6. The average Bonchev–Trinajstić information content (AvgIpc) is 3.22. The van der Waals surface area contributed by atoms with E-state index in [4.69, 9.17) is 10.8 Å². The zero-order valence-corrected chi connectivity index (χ0v) is 19.9. The minimum absolute atomic E-state index is 0.234. The number of carbonyl (C=O) groups excluding carboxylic acids is 1. The Morgan fingerprint density at radius 1 is 0.868 bits per heavy atom. The van der Waals surface area contributed by atoms with Crippen LogP contribution in [0.15, 0.2) is 85.2 Å². The van der Waals surface area contributed by atoms with E-state index >= 15 is 0 Å². The number of halogens is 3. The summed E-state index contributed by atoms with van der Waals surface area (Å²) in [7, 11) is 0. The standard InChI is InChI=1S/C27H22F3N7O/c28-27(29,30)19-9-11-20(12-10-19)34-26(38)35-21-8-4-7-18(13-21)14-22-23-24(31)32-16-33-25(23)37(36-22)15-17-5-2-1-3-6-17/h1-13,16H,14-15H2,(H2,31,32,33)(H2,34,35,38). The van der Waals surface area contributed by atoms with E-state index in [2.05, 4.69) is 20.6 Å². The van der Waals surface area contributed by atoms with Crippen LogP contribution in [0, 0.1) is 0 Å². The number of hydrogen-bond acceptors (Lipinski definition) is 5. The molecule has 0 radical (unpaired) electrons. The summed E-state index contributed by atoms with van der Waals surface area (Å²) in [6, 6.07) is 20.7. The van der Waals surface area contributed by atoms with Gasteiger partial charge in [-0.3, -0.25) is 0 Å². The average molecular weight is 518 g/mol. The first kappa shape index (κ1) is 24.8. The minimum Gasteiger partial charge on any atom is -0.383 e. The molecule has 0 saturated heterocycles. The summed E-state index contributed by atoms with van der Waals surface area (Å²) < 4.78 is 40.0. The van der Waals surface area contributed by atoms with Gasteiger partial charge in [-0.1, -0.05) is 42.5 Å². The maximum Gasteiger partial charge on any atom is 0.416 e. The van der Waals surface area contributed by atoms with Crippen LogP contribution in [0.1, 0.15) is 22.4 Å². The van der Waals surface area contributed by atoms with Crippen LogP contribution in [0.4, 0.5) is 35.2 Å². The molecule has 0 bridgehead atoms. The number of carbonyl (C=O) groups is 1. The molecule has 5 aromatic rings. The molecule has 2 amide bonds. The summed E-state index contributed by atoms with van der Waals surface area (Å²) in [4.78, 5) is 21.0. The Morgan fingerprint density at radius 2 is 1.58 bits per heavy atom. The van der Waals surface area contributed by atoms with E-state index in [1.165, 1.54) is 18.5 Å². The number of hydrogen-bond donors (Lipinski definition) is 3. The quantitative estimate of drug-likeness (QED) is 0.267. The summed E-state index contributed by atoms with van der Waals surface area (Å²) in [6.45, 7) is 0.513. The molecule has 3 aromatic carbocycles. The van der Waals surface area contributed by atoms with E-state index in [0.717, 1.165) is 23.3 Å². The van der Waals surface area contributed by atoms with Crippen LogP contribution in [0.25, 0.3) is 11.0 Å². The van der Waals surface area contributed by atoms with Crippen molar-refractivity contribution in [2.24, 2.45) is 0 Å². The number of anilines is 3. The van der Waals surface area contributed by atoms with Crippen molar-refractivity contribution in [1.82, 2.24) is 19.7 Å². The monoisotopic (exact) mass is 517 g/mol. The second kappa shape index (κ2) is 10.2. The first-order valence-electron chi connectivity index (χ1n) is 11.6. The van der Waals surface area contributed by atoms with Crippen molar-refractivity contribution in [3.8, 4) is 0 Å². The van der Waals surface area contributed by atoms with Gasteiger partial charge in [-0.05, 0) is 47.5 Å². The van der Waals surface area contributed by atoms with Crippen LogP contribution in [0.3, 0.4) is 0 Å². The molecule has 8 nitrogen and oxygen atoms in total. The molecule has 4 N–H and O–H groups in total. The molecule has 5 rings (SSSR count). The highest BCUT2D eigenvalue weighted by molar-refractivity contribution is 5.99. The smallest absolute Gasteiger partial charge is 0.383 e. The van der Waals surface area contributed by atoms with Gasteiger partial charge in [0.25, 0.3) is 0 Å². The summed E-state index contributed by atoms with van der Waals surface area (Å²) in [5.74, 6) is 0.328. The Balaban J connectivity index is 1.32. The molecule has 192 valence electrons. The van der Waals surface area contributed by atoms with Crippen molar-refractivity contribution >= 4 is 34.3 Å². The normalized spacial score (nSPS) is 11.4. The second-order valence-corrected chi connectivity index (χ2v) is 8.58. The van der Waals surface area contributed by atoms with Gasteiger partial charge < -0.3 is 16.4 Å². The number of rotatable bonds is 6. The lowest BCUT2D eigenvalue weighted by Crippen LogP contribution is -2.19. The van der Waals surface area contributed by atoms with E-state index in [-0.39, 0.29) is 5.69 Å². The Morgan fingerprint density at radius 3 is 2.32 bits per heavy atom. The molecule has 0 aliphatic rings. The maximum absolute atomic E-state index is 12.8. The van der Waals surface area contributed by atoms with Crippen molar-refractivity contribution in [3.05, 3.63) is 108 Å². The summed E-state index contributed by atoms with van der Waals surface area (Å²) in [5.41, 5.74) is 9.37. The Hall–Kier alpha value is -4.93. The van der Waals surface area contributed by atoms with Crippen LogP contribution >= 0.6 is 0 Å². The molecule has 0 fully saturated rings. The van der Waals surface area contributed by atoms with Gasteiger partial charge >= 0.3 is 12.2 Å². The number of aromatic nitrogens is 4. The third-order valence-electron chi connectivity index (χ3n) is 5.83. The SMILES string of the molecule is Nc1ncnc2c1c(Cc1cccc(NC(=O)Nc3ccc(C(F)(F)F)cc3)c1)nn2Cc1ccccc1. The number of alkyl halides is 3. The number of amides is 2. The lowest BCUT2D eigenvalue weighted by molar-refractivity contribution is -0.137. The molecule has 0 unspecified atom stereocenters. The van der Waals surface area contributed by atoms with E-state index in [1.54, 1.807) is 22.9 Å². The van der Waals surface area contributed by atoms with Crippen molar-refractivity contribution < 1.29 is 18.0 Å². The zero-order valence-electron chi connectivity index (χ0n) is 19.9. The largest absolute Gasteiger partial charge is 0.416 e. The van der Waals surface area contributed by atoms with Gasteiger partial charge in [0.05, 0.1) is 23.2 Å². The summed E-state index contributed by atoms with van der Waals surface area (Å²) in [5, 5.41) is 10.7. The molecule has 2 heterocycles. The molecule has 2 aromatic heterocycles. The topological polar surface area (TPSA) is 111 Å². The van der Waals surface area contributed by atoms with Crippen molar-refractivity contribution in [3.63, 3.8) is 0 Å². The van der Waals surface area contributed by atoms with Gasteiger partial charge in [-0.25, -0.2) is 19.4 Å². The van der Waals surface area contributed by atoms with Gasteiger partial charge in [0.15, 0.2) is 5.65 Å². The fourth-order valence-corrected chi connectivity index (χ4v) is 4.08. The number of nitrogens with one attached hydrogen (secondary N) is 2. The Bertz CT molecular complexity index is 1580. The van der Waals surface area contributed by atoms with Crippen LogP contribution < -0.4 is 16.4 Å². The van der Waals surface area contributed by atoms with Crippen LogP contribution in [0.5, 0.6) is 0 Å². The molecular formula is C27H22F3N7O. The van der Waals surface area contributed by atoms with Crippen molar-refractivity contribution in [1.29, 1.82) is 0 Å². The maximum atomic E-state index is 12.8. The summed E-state index contributed by atoms with van der Waals surface area (Å²) in [6.07, 6.45) is -2.63. The number of nitrogen functional groups attached to an aromatic ring is 1. The van der Waals surface area contributed by atoms with E-state index in [1.807, 2.05) is 36.4 Å². The molecule has 11 heteroatoms. The lowest BCUT2D eigenvalue weighted by atomic mass is 10.1. The van der Waals surface area contributed by atoms with Gasteiger partial charge in [0.1, 0.15) is 12.1 Å². The van der Waals surface area contributed by atoms with E-state index < -0.39 is 17.8 Å². The summed E-state index contributed by atoms with van der Waals surface area (Å²) >= 11 is 0. The highest BCUT2D eigenvalue weighted by Crippen LogP contribution is 2.30. The van der Waals surface area contributed by atoms with Gasteiger partial charge in [0, 0.05) is 17.8 Å². The number of urea groups is 1. The number of fused-ring (bicyclic) bond motifs is 1. The molecule has 38 heavy (non-hydrogen) atoms. The predicted molar refractivity (Wildman–Crippen MR) is 139 cm³/mol. The fraction of sp³-hybridized carbons (Fsp3) is 0.111. The van der Waals surface area contributed by atoms with Crippen LogP contribution in [-0.4, -0.2) is 25.8 Å². The third kappa shape index (κ3) is 5.56. The molecule has 0 aliphatic heterocycles. The van der Waals surface area contributed by atoms with Gasteiger partial charge in [0.2, 0.25) is 0 Å². The Kier molecular flexibility index (Phi) is 6.65. The molecular weight excluding hydrogens is 495 g/mol. The molecule has 0 atom stereocenters. The highest BCUT2D eigenvalue weighted by atomic mass is 19.4. The molecule has 0 aliphatic carbocycles. The Labute approximate surface area is 215 Å². The molecule has 0 saturated carbocycles. The second-order valence-electron chi connectivity index (χ2n) is 8.58. The van der Waals surface area contributed by atoms with Crippen molar-refractivity contribution in [2.75, 3.05) is 16.4 Å². The zero-order chi connectivity index (χ0) is 26.7. The predicted octanol–water partition coefficient (Wildman–Crippen LogP) is 5.71. The van der Waals surface area contributed by atoms with Crippen LogP contribution in [-0.2, 0) is 19.1 Å². The number of nitrogens with two attached hydrogens (primary N) is 1. The lowest BCUT2D eigenvalue weighted by Gasteiger charge is -2.10. The fourth-order valence-electron chi connectivity index (χ4n) is 4.08. The highest BCUT2D eigenvalue weighted by Gasteiger charge is 2.30. The van der Waals surface area contributed by atoms with Crippen molar-refractivity contribution in [2.45, 2.75) is 19.1 Å². The molecule has 0 spiro atoms. The van der Waals surface area contributed by atoms with Gasteiger partial charge in [-0.15, -0.1) is 0 Å². The van der Waals surface area contributed by atoms with Gasteiger partial charge in [-0.2, -0.15) is 18.3 Å². The first-order chi connectivity index (χ1) is 18.3. The van der Waals surface area contributed by atoms with Crippen LogP contribution in [0.2, 0.25) is 0 Å². The third-order valence-corrected chi connectivity index (χ3v) is 5.83. The number of benzene rings is 3. The van der Waals surface area contributed by atoms with E-state index in [0.29, 0.717) is 41.2 Å².